The van der Waals surface area contributed by atoms with Crippen molar-refractivity contribution in [1.29, 1.82) is 0 Å². The van der Waals surface area contributed by atoms with Gasteiger partial charge in [0.25, 0.3) is 5.91 Å². The van der Waals surface area contributed by atoms with E-state index in [9.17, 15) is 14.4 Å². The van der Waals surface area contributed by atoms with Gasteiger partial charge in [0.15, 0.2) is 5.60 Å². The highest BCUT2D eigenvalue weighted by molar-refractivity contribution is 6.30. The molecule has 34 heavy (non-hydrogen) atoms. The van der Waals surface area contributed by atoms with E-state index in [1.165, 1.54) is 0 Å². The van der Waals surface area contributed by atoms with Gasteiger partial charge in [0, 0.05) is 30.2 Å². The minimum atomic E-state index is -1.29. The molecule has 184 valence electrons. The van der Waals surface area contributed by atoms with E-state index >= 15 is 0 Å². The number of rotatable bonds is 12. The molecule has 0 unspecified atom stereocenters. The van der Waals surface area contributed by atoms with E-state index in [1.807, 2.05) is 12.1 Å². The quantitative estimate of drug-likeness (QED) is 0.237. The lowest BCUT2D eigenvalue weighted by atomic mass is 10.1. The molecule has 0 radical (unpaired) electrons. The third-order valence-electron chi connectivity index (χ3n) is 4.62. The summed E-state index contributed by atoms with van der Waals surface area (Å²) in [5, 5.41) is 8.81. The van der Waals surface area contributed by atoms with Gasteiger partial charge in [-0.3, -0.25) is 4.79 Å². The molecule has 0 spiro atoms. The van der Waals surface area contributed by atoms with Crippen molar-refractivity contribution in [2.45, 2.75) is 25.9 Å². The fourth-order valence-electron chi connectivity index (χ4n) is 2.74. The number of esters is 1. The van der Waals surface area contributed by atoms with Crippen molar-refractivity contribution in [3.8, 4) is 5.75 Å². The van der Waals surface area contributed by atoms with Crippen LogP contribution in [0.25, 0.3) is 0 Å². The van der Waals surface area contributed by atoms with Crippen LogP contribution in [-0.4, -0.2) is 57.0 Å². The molecule has 0 aliphatic carbocycles. The summed E-state index contributed by atoms with van der Waals surface area (Å²) >= 11 is 5.83. The van der Waals surface area contributed by atoms with E-state index in [0.717, 1.165) is 5.56 Å². The molecule has 10 heteroatoms. The first kappa shape index (κ1) is 26.9. The largest absolute Gasteiger partial charge is 0.476 e. The zero-order chi connectivity index (χ0) is 25.0. The molecule has 0 heterocycles. The van der Waals surface area contributed by atoms with Crippen molar-refractivity contribution in [2.75, 3.05) is 33.5 Å². The smallest absolute Gasteiger partial charge is 0.410 e. The number of carbonyl (C=O) groups excluding carboxylic acids is 3. The first-order valence-electron chi connectivity index (χ1n) is 10.8. The Bertz CT molecular complexity index is 948. The Balaban J connectivity index is 1.74. The lowest BCUT2D eigenvalue weighted by Gasteiger charge is -2.24. The van der Waals surface area contributed by atoms with Crippen LogP contribution in [0.15, 0.2) is 48.5 Å². The summed E-state index contributed by atoms with van der Waals surface area (Å²) in [7, 11) is 1.76. The van der Waals surface area contributed by atoms with Crippen molar-refractivity contribution < 1.29 is 28.6 Å². The molecule has 2 rings (SSSR count). The van der Waals surface area contributed by atoms with E-state index in [1.54, 1.807) is 57.3 Å². The van der Waals surface area contributed by atoms with Crippen LogP contribution >= 0.6 is 11.6 Å². The Labute approximate surface area is 204 Å². The van der Waals surface area contributed by atoms with Crippen LogP contribution in [0.3, 0.4) is 0 Å². The van der Waals surface area contributed by atoms with Gasteiger partial charge in [-0.05, 0) is 69.3 Å². The Morgan fingerprint density at radius 2 is 1.56 bits per heavy atom. The highest BCUT2D eigenvalue weighted by Gasteiger charge is 2.32. The maximum Gasteiger partial charge on any atom is 0.410 e. The Hall–Kier alpha value is -3.30. The number of benzene rings is 2. The second-order valence-corrected chi connectivity index (χ2v) is 8.22. The maximum atomic E-state index is 12.3. The fraction of sp³-hybridized carbons (Fsp3) is 0.375. The fourth-order valence-corrected chi connectivity index (χ4v) is 2.86. The van der Waals surface area contributed by atoms with E-state index in [0.29, 0.717) is 42.4 Å². The van der Waals surface area contributed by atoms with E-state index in [2.05, 4.69) is 16.0 Å². The molecule has 0 aromatic heterocycles. The van der Waals surface area contributed by atoms with Gasteiger partial charge in [-0.15, -0.1) is 0 Å². The van der Waals surface area contributed by atoms with Crippen molar-refractivity contribution >= 4 is 29.6 Å². The third-order valence-corrected chi connectivity index (χ3v) is 4.87. The maximum absolute atomic E-state index is 12.3. The molecule has 0 fully saturated rings. The van der Waals surface area contributed by atoms with Gasteiger partial charge >= 0.3 is 12.1 Å². The standard InChI is InChI=1S/C24H30ClN3O6/c1-24(2,22(30)32-16-33-23(31)28-15-14-26-3)34-20-10-4-17(5-11-20)12-13-27-21(29)18-6-8-19(25)9-7-18/h4-11,26H,12-16H2,1-3H3,(H,27,29)(H,28,31). The first-order valence-corrected chi connectivity index (χ1v) is 11.1. The van der Waals surface area contributed by atoms with E-state index in [4.69, 9.17) is 25.8 Å². The second-order valence-electron chi connectivity index (χ2n) is 7.78. The van der Waals surface area contributed by atoms with Crippen LogP contribution in [0, 0.1) is 0 Å². The Kier molecular flexibility index (Phi) is 10.6. The zero-order valence-electron chi connectivity index (χ0n) is 19.5. The lowest BCUT2D eigenvalue weighted by Crippen LogP contribution is -2.40. The van der Waals surface area contributed by atoms with Crippen LogP contribution in [0.5, 0.6) is 5.75 Å². The number of alkyl carbamates (subject to hydrolysis) is 1. The van der Waals surface area contributed by atoms with Gasteiger partial charge in [0.2, 0.25) is 6.79 Å². The zero-order valence-corrected chi connectivity index (χ0v) is 20.2. The van der Waals surface area contributed by atoms with E-state index < -0.39 is 24.5 Å². The average molecular weight is 492 g/mol. The number of nitrogens with one attached hydrogen (secondary N) is 3. The van der Waals surface area contributed by atoms with Gasteiger partial charge in [0.05, 0.1) is 0 Å². The molecule has 0 saturated carbocycles. The number of amides is 2. The molecular formula is C24H30ClN3O6. The molecule has 3 N–H and O–H groups in total. The number of hydrogen-bond donors (Lipinski definition) is 3. The summed E-state index contributed by atoms with van der Waals surface area (Å²) in [6.07, 6.45) is -0.0552. The molecule has 2 aromatic rings. The monoisotopic (exact) mass is 491 g/mol. The van der Waals surface area contributed by atoms with Crippen LogP contribution < -0.4 is 20.7 Å². The third kappa shape index (κ3) is 9.29. The minimum Gasteiger partial charge on any atom is -0.476 e. The lowest BCUT2D eigenvalue weighted by molar-refractivity contribution is -0.167. The summed E-state index contributed by atoms with van der Waals surface area (Å²) in [5.74, 6) is -0.373. The van der Waals surface area contributed by atoms with Gasteiger partial charge < -0.3 is 30.2 Å². The molecule has 0 aliphatic heterocycles. The van der Waals surface area contributed by atoms with Gasteiger partial charge in [-0.1, -0.05) is 23.7 Å². The van der Waals surface area contributed by atoms with Gasteiger partial charge in [0.1, 0.15) is 5.75 Å². The van der Waals surface area contributed by atoms with Crippen molar-refractivity contribution in [3.05, 3.63) is 64.7 Å². The summed E-state index contributed by atoms with van der Waals surface area (Å²) in [5.41, 5.74) is 0.240. The van der Waals surface area contributed by atoms with Crippen molar-refractivity contribution in [3.63, 3.8) is 0 Å². The predicted molar refractivity (Wildman–Crippen MR) is 128 cm³/mol. The molecule has 0 atom stereocenters. The summed E-state index contributed by atoms with van der Waals surface area (Å²) in [6, 6.07) is 13.8. The summed E-state index contributed by atoms with van der Waals surface area (Å²) in [6.45, 7) is 4.04. The number of carbonyl (C=O) groups is 3. The molecule has 2 aromatic carbocycles. The van der Waals surface area contributed by atoms with Gasteiger partial charge in [-0.2, -0.15) is 0 Å². The normalized spacial score (nSPS) is 10.8. The van der Waals surface area contributed by atoms with Crippen molar-refractivity contribution in [1.82, 2.24) is 16.0 Å². The summed E-state index contributed by atoms with van der Waals surface area (Å²) in [4.78, 5) is 35.9. The molecule has 0 saturated heterocycles. The molecular weight excluding hydrogens is 462 g/mol. The SMILES string of the molecule is CNCCNC(=O)OCOC(=O)C(C)(C)Oc1ccc(CCNC(=O)c2ccc(Cl)cc2)cc1. The summed E-state index contributed by atoms with van der Waals surface area (Å²) < 4.78 is 15.5. The number of halogens is 1. The highest BCUT2D eigenvalue weighted by atomic mass is 35.5. The second kappa shape index (κ2) is 13.4. The topological polar surface area (TPSA) is 115 Å². The molecule has 0 bridgehead atoms. The highest BCUT2D eigenvalue weighted by Crippen LogP contribution is 2.20. The number of hydrogen-bond acceptors (Lipinski definition) is 7. The van der Waals surface area contributed by atoms with Crippen LogP contribution in [0.2, 0.25) is 5.02 Å². The number of likely N-dealkylation sites (N-methyl/N-ethyl adjacent to an activating group) is 1. The molecule has 9 nitrogen and oxygen atoms in total. The average Bonchev–Trinajstić information content (AvgIpc) is 2.80. The Morgan fingerprint density at radius 1 is 0.882 bits per heavy atom. The van der Waals surface area contributed by atoms with Crippen LogP contribution in [-0.2, 0) is 20.7 Å². The van der Waals surface area contributed by atoms with E-state index in [-0.39, 0.29) is 5.91 Å². The van der Waals surface area contributed by atoms with Crippen molar-refractivity contribution in [2.24, 2.45) is 0 Å². The van der Waals surface area contributed by atoms with Crippen LogP contribution in [0.1, 0.15) is 29.8 Å². The minimum absolute atomic E-state index is 0.170. The number of ether oxygens (including phenoxy) is 3. The predicted octanol–water partition coefficient (Wildman–Crippen LogP) is 2.92. The Morgan fingerprint density at radius 3 is 2.21 bits per heavy atom. The first-order chi connectivity index (χ1) is 16.2. The molecule has 0 aliphatic rings. The van der Waals surface area contributed by atoms with Crippen LogP contribution in [0.4, 0.5) is 4.79 Å². The molecule has 2 amide bonds. The van der Waals surface area contributed by atoms with Gasteiger partial charge in [-0.25, -0.2) is 9.59 Å².